The summed E-state index contributed by atoms with van der Waals surface area (Å²) in [7, 11) is 0. The summed E-state index contributed by atoms with van der Waals surface area (Å²) in [6, 6.07) is 11.8. The summed E-state index contributed by atoms with van der Waals surface area (Å²) in [5.41, 5.74) is 1.74. The van der Waals surface area contributed by atoms with E-state index in [1.807, 2.05) is 41.4 Å². The Labute approximate surface area is 165 Å². The lowest BCUT2D eigenvalue weighted by Crippen LogP contribution is -2.57. The van der Waals surface area contributed by atoms with Gasteiger partial charge in [-0.1, -0.05) is 12.1 Å². The molecule has 1 amide bonds. The van der Waals surface area contributed by atoms with Crippen LogP contribution in [-0.2, 0) is 22.6 Å². The number of carbonyl (C=O) groups is 1. The van der Waals surface area contributed by atoms with Crippen molar-refractivity contribution in [3.63, 3.8) is 0 Å². The number of hydrogen-bond acceptors (Lipinski definition) is 5. The fraction of sp³-hybridized carbons (Fsp3) is 0.476. The van der Waals surface area contributed by atoms with Crippen molar-refractivity contribution >= 4 is 5.91 Å². The monoisotopic (exact) mass is 379 g/mol. The second-order valence-corrected chi connectivity index (χ2v) is 7.64. The number of carbonyl (C=O) groups excluding carboxylic acids is 1. The highest BCUT2D eigenvalue weighted by Crippen LogP contribution is 2.31. The Morgan fingerprint density at radius 1 is 1.21 bits per heavy atom. The SMILES string of the molecule is N#Cc1ccc(CN2CCOC3(CCN(C(=O)Cn4cccn4)CC3)C2)cc1. The third-order valence-corrected chi connectivity index (χ3v) is 5.70. The first-order chi connectivity index (χ1) is 13.7. The maximum absolute atomic E-state index is 12.5. The Kier molecular flexibility index (Phi) is 5.42. The minimum absolute atomic E-state index is 0.115. The highest BCUT2D eigenvalue weighted by atomic mass is 16.5. The van der Waals surface area contributed by atoms with E-state index in [-0.39, 0.29) is 11.5 Å². The number of ether oxygens (including phenoxy) is 1. The molecule has 2 saturated heterocycles. The fourth-order valence-electron chi connectivity index (χ4n) is 4.10. The minimum atomic E-state index is -0.159. The van der Waals surface area contributed by atoms with E-state index in [1.54, 1.807) is 10.9 Å². The molecule has 3 heterocycles. The van der Waals surface area contributed by atoms with Crippen LogP contribution in [0, 0.1) is 11.3 Å². The van der Waals surface area contributed by atoms with Crippen LogP contribution in [0.5, 0.6) is 0 Å². The number of aromatic nitrogens is 2. The van der Waals surface area contributed by atoms with E-state index in [2.05, 4.69) is 16.1 Å². The topological polar surface area (TPSA) is 74.4 Å². The van der Waals surface area contributed by atoms with Crippen LogP contribution in [0.25, 0.3) is 0 Å². The van der Waals surface area contributed by atoms with E-state index in [4.69, 9.17) is 10.00 Å². The van der Waals surface area contributed by atoms with Crippen LogP contribution < -0.4 is 0 Å². The molecule has 28 heavy (non-hydrogen) atoms. The Morgan fingerprint density at radius 3 is 2.68 bits per heavy atom. The summed E-state index contributed by atoms with van der Waals surface area (Å²) in [4.78, 5) is 16.8. The van der Waals surface area contributed by atoms with Crippen LogP contribution in [0.4, 0.5) is 0 Å². The lowest BCUT2D eigenvalue weighted by molar-refractivity contribution is -0.151. The van der Waals surface area contributed by atoms with Gasteiger partial charge in [0.25, 0.3) is 0 Å². The first-order valence-corrected chi connectivity index (χ1v) is 9.76. The maximum atomic E-state index is 12.5. The maximum Gasteiger partial charge on any atom is 0.244 e. The van der Waals surface area contributed by atoms with Gasteiger partial charge in [-0.2, -0.15) is 10.4 Å². The number of hydrogen-bond donors (Lipinski definition) is 0. The lowest BCUT2D eigenvalue weighted by atomic mass is 9.89. The molecule has 0 N–H and O–H groups in total. The van der Waals surface area contributed by atoms with E-state index >= 15 is 0 Å². The van der Waals surface area contributed by atoms with Crippen LogP contribution in [0.1, 0.15) is 24.0 Å². The van der Waals surface area contributed by atoms with E-state index < -0.39 is 0 Å². The third-order valence-electron chi connectivity index (χ3n) is 5.70. The van der Waals surface area contributed by atoms with Gasteiger partial charge in [-0.15, -0.1) is 0 Å². The lowest BCUT2D eigenvalue weighted by Gasteiger charge is -2.47. The van der Waals surface area contributed by atoms with Crippen LogP contribution in [0.15, 0.2) is 42.7 Å². The molecule has 1 aromatic heterocycles. The van der Waals surface area contributed by atoms with Gasteiger partial charge in [0.05, 0.1) is 23.8 Å². The average Bonchev–Trinajstić information content (AvgIpc) is 3.22. The van der Waals surface area contributed by atoms with Crippen molar-refractivity contribution in [2.24, 2.45) is 0 Å². The Morgan fingerprint density at radius 2 is 2.00 bits per heavy atom. The van der Waals surface area contributed by atoms with E-state index in [1.165, 1.54) is 5.56 Å². The molecule has 0 bridgehead atoms. The molecule has 146 valence electrons. The summed E-state index contributed by atoms with van der Waals surface area (Å²) >= 11 is 0. The van der Waals surface area contributed by atoms with E-state index in [0.29, 0.717) is 12.1 Å². The molecule has 2 aromatic rings. The van der Waals surface area contributed by atoms with Crippen molar-refractivity contribution in [2.75, 3.05) is 32.8 Å². The first kappa shape index (κ1) is 18.7. The molecule has 0 aliphatic carbocycles. The Balaban J connectivity index is 1.31. The van der Waals surface area contributed by atoms with Crippen molar-refractivity contribution in [3.8, 4) is 6.07 Å². The van der Waals surface area contributed by atoms with Gasteiger partial charge >= 0.3 is 0 Å². The summed E-state index contributed by atoms with van der Waals surface area (Å²) in [5.74, 6) is 0.115. The van der Waals surface area contributed by atoms with Crippen molar-refractivity contribution in [1.82, 2.24) is 19.6 Å². The molecule has 7 nitrogen and oxygen atoms in total. The van der Waals surface area contributed by atoms with Crippen molar-refractivity contribution in [3.05, 3.63) is 53.9 Å². The molecule has 0 atom stereocenters. The van der Waals surface area contributed by atoms with E-state index in [0.717, 1.165) is 52.2 Å². The van der Waals surface area contributed by atoms with Crippen LogP contribution in [-0.4, -0.2) is 63.9 Å². The summed E-state index contributed by atoms with van der Waals surface area (Å²) in [5, 5.41) is 13.1. The largest absolute Gasteiger partial charge is 0.372 e. The molecule has 0 saturated carbocycles. The van der Waals surface area contributed by atoms with Crippen LogP contribution in [0.3, 0.4) is 0 Å². The smallest absolute Gasteiger partial charge is 0.244 e. The van der Waals surface area contributed by atoms with Crippen LogP contribution in [0.2, 0.25) is 0 Å². The number of amides is 1. The molecule has 0 radical (unpaired) electrons. The summed E-state index contributed by atoms with van der Waals surface area (Å²) < 4.78 is 7.87. The minimum Gasteiger partial charge on any atom is -0.372 e. The molecular formula is C21H25N5O2. The number of nitriles is 1. The second kappa shape index (κ2) is 8.13. The van der Waals surface area contributed by atoms with Crippen molar-refractivity contribution < 1.29 is 9.53 Å². The second-order valence-electron chi connectivity index (χ2n) is 7.64. The van der Waals surface area contributed by atoms with Gasteiger partial charge in [0.1, 0.15) is 6.54 Å². The average molecular weight is 379 g/mol. The third kappa shape index (κ3) is 4.24. The zero-order chi connectivity index (χ0) is 19.4. The Hall–Kier alpha value is -2.69. The van der Waals surface area contributed by atoms with Crippen molar-refractivity contribution in [2.45, 2.75) is 31.5 Å². The van der Waals surface area contributed by atoms with Gasteiger partial charge in [0.2, 0.25) is 5.91 Å². The standard InChI is InChI=1S/C21H25N5O2/c22-14-18-2-4-19(5-3-18)15-24-12-13-28-21(17-24)6-10-25(11-7-21)20(27)16-26-9-1-8-23-26/h1-5,8-9H,6-7,10-13,15-17H2. The molecule has 7 heteroatoms. The number of piperidine rings is 1. The highest BCUT2D eigenvalue weighted by molar-refractivity contribution is 5.76. The quantitative estimate of drug-likeness (QED) is 0.808. The Bertz CT molecular complexity index is 833. The van der Waals surface area contributed by atoms with Gasteiger partial charge in [-0.25, -0.2) is 0 Å². The first-order valence-electron chi connectivity index (χ1n) is 9.76. The predicted octanol–water partition coefficient (Wildman–Crippen LogP) is 1.65. The normalized spacial score (nSPS) is 19.5. The van der Waals surface area contributed by atoms with Crippen LogP contribution >= 0.6 is 0 Å². The zero-order valence-corrected chi connectivity index (χ0v) is 16.0. The molecule has 2 aliphatic rings. The summed E-state index contributed by atoms with van der Waals surface area (Å²) in [6.07, 6.45) is 5.23. The number of rotatable bonds is 4. The predicted molar refractivity (Wildman–Crippen MR) is 103 cm³/mol. The van der Waals surface area contributed by atoms with Gasteiger partial charge < -0.3 is 9.64 Å². The van der Waals surface area contributed by atoms with Gasteiger partial charge in [0.15, 0.2) is 0 Å². The van der Waals surface area contributed by atoms with Gasteiger partial charge in [-0.3, -0.25) is 14.4 Å². The molecule has 0 unspecified atom stereocenters. The summed E-state index contributed by atoms with van der Waals surface area (Å²) in [6.45, 7) is 5.12. The molecule has 1 spiro atoms. The van der Waals surface area contributed by atoms with Gasteiger partial charge in [-0.05, 0) is 36.6 Å². The molecule has 2 aliphatic heterocycles. The molecule has 1 aromatic carbocycles. The fourth-order valence-corrected chi connectivity index (χ4v) is 4.10. The molecule has 4 rings (SSSR count). The number of morpholine rings is 1. The van der Waals surface area contributed by atoms with Crippen molar-refractivity contribution in [1.29, 1.82) is 5.26 Å². The number of nitrogens with zero attached hydrogens (tertiary/aromatic N) is 5. The molecular weight excluding hydrogens is 354 g/mol. The number of likely N-dealkylation sites (tertiary alicyclic amines) is 1. The number of benzene rings is 1. The highest BCUT2D eigenvalue weighted by Gasteiger charge is 2.40. The molecule has 2 fully saturated rings. The van der Waals surface area contributed by atoms with Gasteiger partial charge in [0, 0.05) is 45.1 Å². The van der Waals surface area contributed by atoms with E-state index in [9.17, 15) is 4.79 Å². The zero-order valence-electron chi connectivity index (χ0n) is 16.0.